The van der Waals surface area contributed by atoms with Crippen LogP contribution >= 0.6 is 0 Å². The van der Waals surface area contributed by atoms with Crippen molar-refractivity contribution in [1.82, 2.24) is 10.2 Å². The van der Waals surface area contributed by atoms with Crippen LogP contribution in [0.4, 0.5) is 0 Å². The Morgan fingerprint density at radius 2 is 2.00 bits per heavy atom. The van der Waals surface area contributed by atoms with Crippen LogP contribution in [0.3, 0.4) is 0 Å². The Kier molecular flexibility index (Phi) is 5.31. The first-order chi connectivity index (χ1) is 11.2. The molecule has 3 rings (SSSR count). The van der Waals surface area contributed by atoms with Gasteiger partial charge in [-0.15, -0.1) is 0 Å². The normalized spacial score (nSPS) is 19.7. The largest absolute Gasteiger partial charge is 0.497 e. The van der Waals surface area contributed by atoms with Crippen LogP contribution in [0, 0.1) is 0 Å². The molecule has 0 amide bonds. The summed E-state index contributed by atoms with van der Waals surface area (Å²) in [5, 5.41) is 3.76. The van der Waals surface area contributed by atoms with Gasteiger partial charge in [0.1, 0.15) is 5.75 Å². The van der Waals surface area contributed by atoms with E-state index < -0.39 is 0 Å². The summed E-state index contributed by atoms with van der Waals surface area (Å²) in [6.07, 6.45) is 1.21. The van der Waals surface area contributed by atoms with Gasteiger partial charge in [-0.25, -0.2) is 0 Å². The number of nitrogens with one attached hydrogen (secondary N) is 1. The van der Waals surface area contributed by atoms with E-state index >= 15 is 0 Å². The third kappa shape index (κ3) is 4.34. The van der Waals surface area contributed by atoms with E-state index in [0.29, 0.717) is 12.1 Å². The Morgan fingerprint density at radius 1 is 1.17 bits per heavy atom. The predicted octanol–water partition coefficient (Wildman–Crippen LogP) is 3.62. The van der Waals surface area contributed by atoms with Crippen molar-refractivity contribution in [3.05, 3.63) is 65.7 Å². The average Bonchev–Trinajstić information content (AvgIpc) is 3.02. The van der Waals surface area contributed by atoms with Gasteiger partial charge < -0.3 is 10.1 Å². The summed E-state index contributed by atoms with van der Waals surface area (Å²) in [6.45, 7) is 5.56. The van der Waals surface area contributed by atoms with Crippen molar-refractivity contribution >= 4 is 0 Å². The number of nitrogens with zero attached hydrogens (tertiary/aromatic N) is 1. The van der Waals surface area contributed by atoms with Crippen molar-refractivity contribution in [2.45, 2.75) is 32.0 Å². The number of hydrogen-bond acceptors (Lipinski definition) is 3. The fraction of sp³-hybridized carbons (Fsp3) is 0.400. The molecule has 3 nitrogen and oxygen atoms in total. The number of ether oxygens (including phenoxy) is 1. The van der Waals surface area contributed by atoms with E-state index in [0.717, 1.165) is 25.4 Å². The number of benzene rings is 2. The van der Waals surface area contributed by atoms with Crippen LogP contribution in [0.1, 0.15) is 30.5 Å². The summed E-state index contributed by atoms with van der Waals surface area (Å²) in [6, 6.07) is 20.0. The first-order valence-corrected chi connectivity index (χ1v) is 8.41. The van der Waals surface area contributed by atoms with E-state index in [9.17, 15) is 0 Å². The number of likely N-dealkylation sites (tertiary alicyclic amines) is 1. The highest BCUT2D eigenvalue weighted by Gasteiger charge is 2.23. The smallest absolute Gasteiger partial charge is 0.119 e. The zero-order valence-corrected chi connectivity index (χ0v) is 14.0. The number of methoxy groups -OCH3 is 1. The van der Waals surface area contributed by atoms with Crippen LogP contribution in [-0.4, -0.2) is 31.1 Å². The van der Waals surface area contributed by atoms with Crippen molar-refractivity contribution in [3.63, 3.8) is 0 Å². The van der Waals surface area contributed by atoms with Gasteiger partial charge in [-0.3, -0.25) is 4.90 Å². The summed E-state index contributed by atoms with van der Waals surface area (Å²) in [7, 11) is 1.72. The minimum Gasteiger partial charge on any atom is -0.497 e. The summed E-state index contributed by atoms with van der Waals surface area (Å²) in [5.41, 5.74) is 2.68. The van der Waals surface area contributed by atoms with Crippen LogP contribution in [0.15, 0.2) is 54.6 Å². The molecule has 122 valence electrons. The monoisotopic (exact) mass is 310 g/mol. The highest BCUT2D eigenvalue weighted by Crippen LogP contribution is 2.21. The highest BCUT2D eigenvalue weighted by molar-refractivity contribution is 5.30. The second-order valence-electron chi connectivity index (χ2n) is 6.37. The highest BCUT2D eigenvalue weighted by atomic mass is 16.5. The van der Waals surface area contributed by atoms with Crippen molar-refractivity contribution in [2.24, 2.45) is 0 Å². The second-order valence-corrected chi connectivity index (χ2v) is 6.37. The molecule has 1 N–H and O–H groups in total. The van der Waals surface area contributed by atoms with E-state index in [1.165, 1.54) is 17.5 Å². The molecule has 2 aromatic carbocycles. The van der Waals surface area contributed by atoms with E-state index in [2.05, 4.69) is 65.7 Å². The molecule has 0 radical (unpaired) electrons. The Bertz CT molecular complexity index is 614. The first-order valence-electron chi connectivity index (χ1n) is 8.41. The van der Waals surface area contributed by atoms with Gasteiger partial charge in [0.2, 0.25) is 0 Å². The second kappa shape index (κ2) is 7.62. The van der Waals surface area contributed by atoms with Gasteiger partial charge in [-0.2, -0.15) is 0 Å². The molecule has 1 fully saturated rings. The summed E-state index contributed by atoms with van der Waals surface area (Å²) >= 11 is 0. The molecular formula is C20H26N2O. The van der Waals surface area contributed by atoms with Gasteiger partial charge in [-0.05, 0) is 36.6 Å². The molecule has 1 unspecified atom stereocenters. The molecule has 2 atom stereocenters. The van der Waals surface area contributed by atoms with Gasteiger partial charge in [0, 0.05) is 31.7 Å². The zero-order chi connectivity index (χ0) is 16.1. The Hall–Kier alpha value is -1.84. The van der Waals surface area contributed by atoms with Crippen LogP contribution < -0.4 is 10.1 Å². The molecule has 0 aliphatic carbocycles. The third-order valence-electron chi connectivity index (χ3n) is 4.60. The molecule has 1 heterocycles. The van der Waals surface area contributed by atoms with Crippen LogP contribution in [-0.2, 0) is 6.54 Å². The molecule has 0 bridgehead atoms. The molecule has 3 heteroatoms. The lowest BCUT2D eigenvalue weighted by molar-refractivity contribution is 0.316. The molecular weight excluding hydrogens is 284 g/mol. The van der Waals surface area contributed by atoms with Gasteiger partial charge in [0.05, 0.1) is 7.11 Å². The quantitative estimate of drug-likeness (QED) is 0.882. The van der Waals surface area contributed by atoms with Gasteiger partial charge >= 0.3 is 0 Å². The van der Waals surface area contributed by atoms with Crippen LogP contribution in [0.5, 0.6) is 5.75 Å². The Morgan fingerprint density at radius 3 is 2.78 bits per heavy atom. The fourth-order valence-corrected chi connectivity index (χ4v) is 3.31. The van der Waals surface area contributed by atoms with Crippen molar-refractivity contribution in [1.29, 1.82) is 0 Å². The maximum atomic E-state index is 5.32. The minimum absolute atomic E-state index is 0.340. The number of hydrogen-bond donors (Lipinski definition) is 1. The van der Waals surface area contributed by atoms with Gasteiger partial charge in [-0.1, -0.05) is 42.5 Å². The summed E-state index contributed by atoms with van der Waals surface area (Å²) in [4.78, 5) is 2.53. The maximum Gasteiger partial charge on any atom is 0.119 e. The predicted molar refractivity (Wildman–Crippen MR) is 94.7 cm³/mol. The molecule has 0 aromatic heterocycles. The lowest BCUT2D eigenvalue weighted by Gasteiger charge is -2.21. The molecule has 1 saturated heterocycles. The number of rotatable bonds is 6. The average molecular weight is 310 g/mol. The lowest BCUT2D eigenvalue weighted by Crippen LogP contribution is -2.34. The van der Waals surface area contributed by atoms with E-state index in [-0.39, 0.29) is 0 Å². The molecule has 2 aromatic rings. The minimum atomic E-state index is 0.340. The van der Waals surface area contributed by atoms with Crippen molar-refractivity contribution < 1.29 is 4.74 Å². The van der Waals surface area contributed by atoms with Crippen molar-refractivity contribution in [2.75, 3.05) is 20.2 Å². The fourth-order valence-electron chi connectivity index (χ4n) is 3.31. The summed E-state index contributed by atoms with van der Waals surface area (Å²) in [5.74, 6) is 0.924. The van der Waals surface area contributed by atoms with E-state index in [1.54, 1.807) is 7.11 Å². The molecule has 1 aliphatic heterocycles. The first kappa shape index (κ1) is 16.0. The van der Waals surface area contributed by atoms with E-state index in [1.807, 2.05) is 6.07 Å². The van der Waals surface area contributed by atoms with Crippen molar-refractivity contribution in [3.8, 4) is 5.75 Å². The Balaban J connectivity index is 1.53. The third-order valence-corrected chi connectivity index (χ3v) is 4.60. The zero-order valence-electron chi connectivity index (χ0n) is 14.0. The van der Waals surface area contributed by atoms with Gasteiger partial charge in [0.15, 0.2) is 0 Å². The van der Waals surface area contributed by atoms with Crippen LogP contribution in [0.2, 0.25) is 0 Å². The SMILES string of the molecule is COc1cccc([C@@H](C)NC2CCN(Cc3ccccc3)C2)c1. The standard InChI is InChI=1S/C20H26N2O/c1-16(18-9-6-10-20(13-18)23-2)21-19-11-12-22(15-19)14-17-7-4-3-5-8-17/h3-10,13,16,19,21H,11-12,14-15H2,1-2H3/t16-,19?/m1/s1. The lowest BCUT2D eigenvalue weighted by atomic mass is 10.1. The molecule has 0 spiro atoms. The molecule has 0 saturated carbocycles. The van der Waals surface area contributed by atoms with E-state index in [4.69, 9.17) is 4.74 Å². The Labute approximate surface area is 139 Å². The molecule has 1 aliphatic rings. The summed E-state index contributed by atoms with van der Waals surface area (Å²) < 4.78 is 5.32. The molecule has 23 heavy (non-hydrogen) atoms. The van der Waals surface area contributed by atoms with Gasteiger partial charge in [0.25, 0.3) is 0 Å². The topological polar surface area (TPSA) is 24.5 Å². The maximum absolute atomic E-state index is 5.32. The van der Waals surface area contributed by atoms with Crippen LogP contribution in [0.25, 0.3) is 0 Å².